The van der Waals surface area contributed by atoms with Crippen LogP contribution in [0.25, 0.3) is 0 Å². The number of rotatable bonds is 4. The van der Waals surface area contributed by atoms with Gasteiger partial charge in [0.15, 0.2) is 0 Å². The fraction of sp³-hybridized carbons (Fsp3) is 0.600. The molecule has 0 saturated heterocycles. The smallest absolute Gasteiger partial charge is 0.352 e. The van der Waals surface area contributed by atoms with Crippen LogP contribution in [0.4, 0.5) is 14.5 Å². The Labute approximate surface area is 127 Å². The minimum Gasteiger partial charge on any atom is -0.486 e. The number of hydrogen-bond donors (Lipinski definition) is 2. The van der Waals surface area contributed by atoms with Gasteiger partial charge < -0.3 is 15.2 Å². The molecule has 5 nitrogen and oxygen atoms in total. The number of halogens is 2. The molecule has 1 aliphatic carbocycles. The van der Waals surface area contributed by atoms with E-state index in [0.29, 0.717) is 6.42 Å². The third kappa shape index (κ3) is 3.19. The van der Waals surface area contributed by atoms with Crippen molar-refractivity contribution < 1.29 is 23.4 Å². The lowest BCUT2D eigenvalue weighted by molar-refractivity contribution is -0.212. The van der Waals surface area contributed by atoms with E-state index in [9.17, 15) is 18.7 Å². The lowest BCUT2D eigenvalue weighted by atomic mass is 9.75. The van der Waals surface area contributed by atoms with Crippen LogP contribution in [0.3, 0.4) is 0 Å². The fourth-order valence-corrected chi connectivity index (χ4v) is 2.13. The minimum absolute atomic E-state index is 0.0463. The maximum atomic E-state index is 14.1. The molecule has 7 heteroatoms. The van der Waals surface area contributed by atoms with Gasteiger partial charge >= 0.3 is 5.92 Å². The average molecular weight is 314 g/mol. The van der Waals surface area contributed by atoms with Gasteiger partial charge in [-0.2, -0.15) is 8.78 Å². The van der Waals surface area contributed by atoms with Crippen molar-refractivity contribution in [2.45, 2.75) is 57.2 Å². The van der Waals surface area contributed by atoms with Gasteiger partial charge in [-0.05, 0) is 40.0 Å². The summed E-state index contributed by atoms with van der Waals surface area (Å²) in [6.45, 7) is 5.39. The molecule has 0 radical (unpaired) electrons. The van der Waals surface area contributed by atoms with Crippen LogP contribution in [0.1, 0.15) is 40.0 Å². The number of hydrogen-bond acceptors (Lipinski definition) is 4. The Morgan fingerprint density at radius 2 is 2.05 bits per heavy atom. The first-order chi connectivity index (χ1) is 10.1. The van der Waals surface area contributed by atoms with Crippen molar-refractivity contribution in [3.8, 4) is 5.75 Å². The summed E-state index contributed by atoms with van der Waals surface area (Å²) in [4.78, 5) is 15.7. The second-order valence-corrected chi connectivity index (χ2v) is 6.50. The number of nitrogens with zero attached hydrogens (tertiary/aromatic N) is 1. The lowest BCUT2D eigenvalue weighted by Crippen LogP contribution is -2.59. The first-order valence-electron chi connectivity index (χ1n) is 7.10. The molecule has 0 bridgehead atoms. The van der Waals surface area contributed by atoms with E-state index in [-0.39, 0.29) is 24.3 Å². The molecular weight excluding hydrogens is 294 g/mol. The summed E-state index contributed by atoms with van der Waals surface area (Å²) in [6, 6.07) is 1.48. The van der Waals surface area contributed by atoms with E-state index in [4.69, 9.17) is 4.74 Å². The van der Waals surface area contributed by atoms with Crippen molar-refractivity contribution in [1.82, 2.24) is 4.98 Å². The number of carbonyl (C=O) groups excluding carboxylic acids is 1. The summed E-state index contributed by atoms with van der Waals surface area (Å²) in [5, 5.41) is 11.9. The van der Waals surface area contributed by atoms with Crippen LogP contribution in [0.5, 0.6) is 5.75 Å². The summed E-state index contributed by atoms with van der Waals surface area (Å²) < 4.78 is 33.8. The average Bonchev–Trinajstić information content (AvgIpc) is 2.36. The number of aromatic nitrogens is 1. The molecular formula is C15H20F2N2O3. The van der Waals surface area contributed by atoms with Crippen LogP contribution in [0.2, 0.25) is 0 Å². The number of alkyl halides is 2. The molecule has 2 rings (SSSR count). The Hall–Kier alpha value is -1.76. The first-order valence-corrected chi connectivity index (χ1v) is 7.10. The molecule has 0 aliphatic heterocycles. The quantitative estimate of drug-likeness (QED) is 0.896. The van der Waals surface area contributed by atoms with Crippen molar-refractivity contribution in [3.05, 3.63) is 18.5 Å². The van der Waals surface area contributed by atoms with Crippen molar-refractivity contribution >= 4 is 11.6 Å². The van der Waals surface area contributed by atoms with E-state index in [1.165, 1.54) is 18.5 Å². The summed E-state index contributed by atoms with van der Waals surface area (Å²) in [6.07, 6.45) is 2.97. The van der Waals surface area contributed by atoms with Gasteiger partial charge in [0.25, 0.3) is 5.91 Å². The maximum Gasteiger partial charge on any atom is 0.352 e. The summed E-state index contributed by atoms with van der Waals surface area (Å²) in [7, 11) is 0. The van der Waals surface area contributed by atoms with Gasteiger partial charge in [0, 0.05) is 12.3 Å². The van der Waals surface area contributed by atoms with Crippen LogP contribution < -0.4 is 10.1 Å². The molecule has 1 aromatic heterocycles. The first kappa shape index (κ1) is 16.6. The third-order valence-corrected chi connectivity index (χ3v) is 3.50. The highest BCUT2D eigenvalue weighted by molar-refractivity contribution is 5.98. The second-order valence-electron chi connectivity index (χ2n) is 6.50. The van der Waals surface area contributed by atoms with Crippen LogP contribution >= 0.6 is 0 Å². The fourth-order valence-electron chi connectivity index (χ4n) is 2.13. The SMILES string of the molecule is CC(C)(C)Oc1ccncc1NC(=O)C(F)(F)C1(O)CCC1. The van der Waals surface area contributed by atoms with Crippen molar-refractivity contribution in [1.29, 1.82) is 0 Å². The van der Waals surface area contributed by atoms with E-state index in [2.05, 4.69) is 10.3 Å². The number of carbonyl (C=O) groups is 1. The Balaban J connectivity index is 2.18. The van der Waals surface area contributed by atoms with Gasteiger partial charge in [-0.25, -0.2) is 0 Å². The standard InChI is InChI=1S/C15H20F2N2O3/c1-13(2,3)22-11-5-8-18-9-10(11)19-12(20)15(16,17)14(21)6-4-7-14/h5,8-9,21H,4,6-7H2,1-3H3,(H,19,20). The molecule has 0 atom stereocenters. The zero-order valence-electron chi connectivity index (χ0n) is 12.8. The highest BCUT2D eigenvalue weighted by Crippen LogP contribution is 2.45. The number of aliphatic hydroxyl groups is 1. The zero-order chi connectivity index (χ0) is 16.6. The molecule has 1 aliphatic rings. The molecule has 0 aromatic carbocycles. The zero-order valence-corrected chi connectivity index (χ0v) is 12.8. The van der Waals surface area contributed by atoms with Gasteiger partial charge in [0.05, 0.1) is 6.20 Å². The van der Waals surface area contributed by atoms with Crippen LogP contribution in [-0.4, -0.2) is 33.1 Å². The molecule has 0 unspecified atom stereocenters. The minimum atomic E-state index is -3.86. The van der Waals surface area contributed by atoms with E-state index < -0.39 is 23.0 Å². The van der Waals surface area contributed by atoms with E-state index >= 15 is 0 Å². The number of anilines is 1. The molecule has 122 valence electrons. The van der Waals surface area contributed by atoms with Crippen LogP contribution in [0, 0.1) is 0 Å². The predicted molar refractivity (Wildman–Crippen MR) is 77.0 cm³/mol. The highest BCUT2D eigenvalue weighted by Gasteiger charge is 2.61. The monoisotopic (exact) mass is 314 g/mol. The molecule has 0 spiro atoms. The van der Waals surface area contributed by atoms with Crippen molar-refractivity contribution in [2.24, 2.45) is 0 Å². The van der Waals surface area contributed by atoms with E-state index in [1.54, 1.807) is 20.8 Å². The normalized spacial score (nSPS) is 17.5. The van der Waals surface area contributed by atoms with Gasteiger partial charge in [0.1, 0.15) is 22.6 Å². The maximum absolute atomic E-state index is 14.1. The van der Waals surface area contributed by atoms with Crippen molar-refractivity contribution in [3.63, 3.8) is 0 Å². The lowest BCUT2D eigenvalue weighted by Gasteiger charge is -2.41. The van der Waals surface area contributed by atoms with Gasteiger partial charge in [-0.15, -0.1) is 0 Å². The van der Waals surface area contributed by atoms with Crippen molar-refractivity contribution in [2.75, 3.05) is 5.32 Å². The van der Waals surface area contributed by atoms with E-state index in [1.807, 2.05) is 0 Å². The molecule has 22 heavy (non-hydrogen) atoms. The third-order valence-electron chi connectivity index (χ3n) is 3.50. The highest BCUT2D eigenvalue weighted by atomic mass is 19.3. The molecule has 2 N–H and O–H groups in total. The molecule has 1 heterocycles. The second kappa shape index (κ2) is 5.46. The van der Waals surface area contributed by atoms with Gasteiger partial charge in [0.2, 0.25) is 0 Å². The molecule has 1 fully saturated rings. The molecule has 1 amide bonds. The summed E-state index contributed by atoms with van der Waals surface area (Å²) >= 11 is 0. The van der Waals surface area contributed by atoms with Crippen LogP contribution in [-0.2, 0) is 4.79 Å². The predicted octanol–water partition coefficient (Wildman–Crippen LogP) is 2.75. The number of ether oxygens (including phenoxy) is 1. The van der Waals surface area contributed by atoms with Crippen LogP contribution in [0.15, 0.2) is 18.5 Å². The Kier molecular flexibility index (Phi) is 4.12. The number of amides is 1. The topological polar surface area (TPSA) is 71.5 Å². The largest absolute Gasteiger partial charge is 0.486 e. The van der Waals surface area contributed by atoms with Gasteiger partial charge in [-0.3, -0.25) is 9.78 Å². The van der Waals surface area contributed by atoms with E-state index in [0.717, 1.165) is 0 Å². The Morgan fingerprint density at radius 1 is 1.41 bits per heavy atom. The number of pyridine rings is 1. The Morgan fingerprint density at radius 3 is 2.55 bits per heavy atom. The summed E-state index contributed by atoms with van der Waals surface area (Å²) in [5.41, 5.74) is -2.77. The number of nitrogens with one attached hydrogen (secondary N) is 1. The molecule has 1 saturated carbocycles. The van der Waals surface area contributed by atoms with Gasteiger partial charge in [-0.1, -0.05) is 0 Å². The summed E-state index contributed by atoms with van der Waals surface area (Å²) in [5.74, 6) is -5.17. The molecule has 1 aromatic rings. The Bertz CT molecular complexity index is 566.